The van der Waals surface area contributed by atoms with Crippen LogP contribution in [0.3, 0.4) is 0 Å². The molecule has 4 atom stereocenters. The lowest BCUT2D eigenvalue weighted by atomic mass is 9.90. The number of nitrogens with zero attached hydrogens (tertiary/aromatic N) is 1. The van der Waals surface area contributed by atoms with E-state index < -0.39 is 47.1 Å². The van der Waals surface area contributed by atoms with Crippen LogP contribution in [0.1, 0.15) is 55.7 Å². The van der Waals surface area contributed by atoms with Crippen molar-refractivity contribution in [2.45, 2.75) is 82.1 Å². The van der Waals surface area contributed by atoms with Gasteiger partial charge < -0.3 is 30.7 Å². The Balaban J connectivity index is 1.38. The van der Waals surface area contributed by atoms with Crippen molar-refractivity contribution in [3.05, 3.63) is 101 Å². The predicted molar refractivity (Wildman–Crippen MR) is 181 cm³/mol. The number of hydrogen-bond donors (Lipinski definition) is 4. The summed E-state index contributed by atoms with van der Waals surface area (Å²) < 4.78 is 47.7. The summed E-state index contributed by atoms with van der Waals surface area (Å²) in [5.41, 5.74) is 0.617. The number of likely N-dealkylation sites (tertiary alicyclic amines) is 1. The molecule has 1 saturated heterocycles. The van der Waals surface area contributed by atoms with Gasteiger partial charge in [-0.15, -0.1) is 0 Å². The molecule has 1 saturated carbocycles. The summed E-state index contributed by atoms with van der Waals surface area (Å²) in [6, 6.07) is 14.3. The third-order valence-electron chi connectivity index (χ3n) is 9.46. The molecule has 268 valence electrons. The average Bonchev–Trinajstić information content (AvgIpc) is 3.83. The summed E-state index contributed by atoms with van der Waals surface area (Å²) >= 11 is 0. The number of amides is 3. The zero-order valence-corrected chi connectivity index (χ0v) is 28.4. The lowest BCUT2D eigenvalue weighted by molar-refractivity contribution is -0.143. The number of aliphatic hydroxyl groups excluding tert-OH is 1. The van der Waals surface area contributed by atoms with E-state index in [1.807, 2.05) is 24.3 Å². The largest absolute Gasteiger partial charge is 0.497 e. The van der Waals surface area contributed by atoms with Gasteiger partial charge in [-0.2, -0.15) is 0 Å². The minimum atomic E-state index is -1.21. The smallest absolute Gasteiger partial charge is 0.249 e. The number of aliphatic hydroxyl groups is 1. The first-order chi connectivity index (χ1) is 23.9. The van der Waals surface area contributed by atoms with Crippen LogP contribution < -0.4 is 20.7 Å². The molecular weight excluding hydrogens is 649 g/mol. The van der Waals surface area contributed by atoms with E-state index in [2.05, 4.69) is 16.0 Å². The lowest BCUT2D eigenvalue weighted by Gasteiger charge is -2.33. The van der Waals surface area contributed by atoms with E-state index in [1.165, 1.54) is 24.0 Å². The van der Waals surface area contributed by atoms with Gasteiger partial charge in [0.1, 0.15) is 34.8 Å². The number of ether oxygens (including phenoxy) is 1. The maximum Gasteiger partial charge on any atom is 0.249 e. The summed E-state index contributed by atoms with van der Waals surface area (Å²) in [6.45, 7) is 1.96. The predicted octanol–water partition coefficient (Wildman–Crippen LogP) is 4.20. The molecule has 4 N–H and O–H groups in total. The van der Waals surface area contributed by atoms with Crippen molar-refractivity contribution in [3.63, 3.8) is 0 Å². The fourth-order valence-electron chi connectivity index (χ4n) is 6.86. The molecule has 3 aromatic rings. The van der Waals surface area contributed by atoms with Crippen molar-refractivity contribution in [1.82, 2.24) is 20.9 Å². The van der Waals surface area contributed by atoms with Crippen LogP contribution in [0, 0.1) is 23.4 Å². The van der Waals surface area contributed by atoms with Gasteiger partial charge in [0, 0.05) is 32.6 Å². The van der Waals surface area contributed by atoms with Gasteiger partial charge in [0.15, 0.2) is 0 Å². The average molecular weight is 695 g/mol. The Hall–Kier alpha value is -4.42. The third kappa shape index (κ3) is 9.85. The summed E-state index contributed by atoms with van der Waals surface area (Å²) in [7, 11) is 1.56. The lowest BCUT2D eigenvalue weighted by Crippen LogP contribution is -2.59. The SMILES string of the molecule is COc1cccc(CNC[C@@H](O)[C@H](Cc2cc(F)cc(F)c2)NC(=O)[C@H](CCc2cccc(F)c2)N2CC[C@](CC3CC3)(NC(C)=O)C2=O)c1. The Morgan fingerprint density at radius 2 is 1.68 bits per heavy atom. The molecule has 2 aliphatic rings. The van der Waals surface area contributed by atoms with E-state index >= 15 is 0 Å². The number of hydrogen-bond acceptors (Lipinski definition) is 6. The molecule has 9 nitrogen and oxygen atoms in total. The van der Waals surface area contributed by atoms with Gasteiger partial charge in [0.25, 0.3) is 0 Å². The number of rotatable bonds is 17. The highest BCUT2D eigenvalue weighted by atomic mass is 19.1. The van der Waals surface area contributed by atoms with Crippen LogP contribution in [0.15, 0.2) is 66.7 Å². The molecule has 0 unspecified atom stereocenters. The minimum absolute atomic E-state index is 0.0174. The zero-order chi connectivity index (χ0) is 35.8. The monoisotopic (exact) mass is 694 g/mol. The van der Waals surface area contributed by atoms with Crippen molar-refractivity contribution in [3.8, 4) is 5.75 Å². The summed E-state index contributed by atoms with van der Waals surface area (Å²) in [6.07, 6.45) is 1.81. The molecule has 0 radical (unpaired) electrons. The molecule has 0 spiro atoms. The molecule has 12 heteroatoms. The van der Waals surface area contributed by atoms with Crippen LogP contribution in [-0.4, -0.2) is 71.7 Å². The molecule has 1 aliphatic heterocycles. The van der Waals surface area contributed by atoms with Crippen molar-refractivity contribution in [1.29, 1.82) is 0 Å². The molecule has 2 fully saturated rings. The Labute approximate surface area is 290 Å². The first kappa shape index (κ1) is 36.9. The maximum atomic E-state index is 14.3. The molecule has 0 bridgehead atoms. The van der Waals surface area contributed by atoms with Gasteiger partial charge in [-0.1, -0.05) is 37.1 Å². The highest BCUT2D eigenvalue weighted by molar-refractivity contribution is 5.96. The van der Waals surface area contributed by atoms with Crippen LogP contribution in [0.2, 0.25) is 0 Å². The van der Waals surface area contributed by atoms with Crippen molar-refractivity contribution >= 4 is 17.7 Å². The van der Waals surface area contributed by atoms with Gasteiger partial charge in [0.05, 0.1) is 19.3 Å². The van der Waals surface area contributed by atoms with Gasteiger partial charge in [-0.3, -0.25) is 14.4 Å². The number of methoxy groups -OCH3 is 1. The molecule has 50 heavy (non-hydrogen) atoms. The number of carbonyl (C=O) groups excluding carboxylic acids is 3. The maximum absolute atomic E-state index is 14.3. The fourth-order valence-corrected chi connectivity index (χ4v) is 6.86. The minimum Gasteiger partial charge on any atom is -0.497 e. The van der Waals surface area contributed by atoms with Gasteiger partial charge in [-0.05, 0) is 91.1 Å². The number of aryl methyl sites for hydroxylation is 1. The zero-order valence-electron chi connectivity index (χ0n) is 28.4. The summed E-state index contributed by atoms with van der Waals surface area (Å²) in [4.78, 5) is 42.2. The Morgan fingerprint density at radius 3 is 2.36 bits per heavy atom. The second kappa shape index (κ2) is 16.5. The van der Waals surface area contributed by atoms with E-state index in [4.69, 9.17) is 4.74 Å². The van der Waals surface area contributed by atoms with Crippen molar-refractivity contribution in [2.75, 3.05) is 20.2 Å². The topological polar surface area (TPSA) is 120 Å². The molecule has 0 aromatic heterocycles. The molecule has 1 aliphatic carbocycles. The van der Waals surface area contributed by atoms with Crippen LogP contribution >= 0.6 is 0 Å². The molecule has 5 rings (SSSR count). The number of nitrogens with one attached hydrogen (secondary N) is 3. The fraction of sp³-hybridized carbons (Fsp3) is 0.447. The third-order valence-corrected chi connectivity index (χ3v) is 9.46. The molecule has 3 amide bonds. The summed E-state index contributed by atoms with van der Waals surface area (Å²) in [5, 5.41) is 20.3. The van der Waals surface area contributed by atoms with Crippen molar-refractivity contribution < 1.29 is 37.4 Å². The van der Waals surface area contributed by atoms with Crippen LogP contribution in [0.4, 0.5) is 13.2 Å². The van der Waals surface area contributed by atoms with E-state index in [0.717, 1.165) is 36.6 Å². The van der Waals surface area contributed by atoms with Gasteiger partial charge >= 0.3 is 0 Å². The molecule has 3 aromatic carbocycles. The molecule has 1 heterocycles. The number of benzene rings is 3. The van der Waals surface area contributed by atoms with E-state index in [0.29, 0.717) is 36.6 Å². The standard InChI is InChI=1S/C38H45F3N4O5/c1-24(46)44-38(21-26-9-10-26)13-14-45(37(38)49)34(12-11-25-5-3-7-29(39)15-25)36(48)43-33(19-28-16-30(40)20-31(41)17-28)35(47)23-42-22-27-6-4-8-32(18-27)50-2/h3-8,15-18,20,26,33-35,42,47H,9-14,19,21-23H2,1-2H3,(H,43,48)(H,44,46)/t33-,34-,35+,38+/m0/s1. The number of carbonyl (C=O) groups is 3. The highest BCUT2D eigenvalue weighted by Gasteiger charge is 2.52. The Morgan fingerprint density at radius 1 is 0.980 bits per heavy atom. The summed E-state index contributed by atoms with van der Waals surface area (Å²) in [5.74, 6) is -2.32. The van der Waals surface area contributed by atoms with E-state index in [-0.39, 0.29) is 49.7 Å². The Kier molecular flexibility index (Phi) is 12.2. The normalized spacial score (nSPS) is 19.2. The van der Waals surface area contributed by atoms with E-state index in [1.54, 1.807) is 19.2 Å². The highest BCUT2D eigenvalue weighted by Crippen LogP contribution is 2.41. The first-order valence-corrected chi connectivity index (χ1v) is 17.1. The number of halogens is 3. The quantitative estimate of drug-likeness (QED) is 0.168. The van der Waals surface area contributed by atoms with Crippen LogP contribution in [0.25, 0.3) is 0 Å². The van der Waals surface area contributed by atoms with Gasteiger partial charge in [0.2, 0.25) is 17.7 Å². The van der Waals surface area contributed by atoms with Crippen molar-refractivity contribution in [2.24, 2.45) is 5.92 Å². The van der Waals surface area contributed by atoms with Crippen LogP contribution in [-0.2, 0) is 33.8 Å². The Bertz CT molecular complexity index is 1650. The van der Waals surface area contributed by atoms with Crippen LogP contribution in [0.5, 0.6) is 5.75 Å². The second-order valence-corrected chi connectivity index (χ2v) is 13.5. The molecular formula is C38H45F3N4O5. The van der Waals surface area contributed by atoms with E-state index in [9.17, 15) is 32.7 Å². The van der Waals surface area contributed by atoms with Gasteiger partial charge in [-0.25, -0.2) is 13.2 Å². The second-order valence-electron chi connectivity index (χ2n) is 13.5. The first-order valence-electron chi connectivity index (χ1n) is 17.1.